The zero-order valence-electron chi connectivity index (χ0n) is 16.5. The van der Waals surface area contributed by atoms with E-state index in [1.54, 1.807) is 7.11 Å². The molecule has 5 nitrogen and oxygen atoms in total. The van der Waals surface area contributed by atoms with Gasteiger partial charge in [0.05, 0.1) is 23.9 Å². The molecule has 0 radical (unpaired) electrons. The number of hydrogen-bond acceptors (Lipinski definition) is 3. The SMILES string of the molecule is C=CCn1c(C2=CC=C(N3CCCC3=O)C=CC2)c(C#N)c2ccc(OC)cc21. The minimum absolute atomic E-state index is 0.170. The van der Waals surface area contributed by atoms with E-state index >= 15 is 0 Å². The number of aromatic nitrogens is 1. The van der Waals surface area contributed by atoms with E-state index in [-0.39, 0.29) is 5.91 Å². The molecule has 0 N–H and O–H groups in total. The number of carbonyl (C=O) groups excluding carboxylic acids is 1. The van der Waals surface area contributed by atoms with Crippen molar-refractivity contribution in [2.45, 2.75) is 25.8 Å². The number of carbonyl (C=O) groups is 1. The minimum Gasteiger partial charge on any atom is -0.497 e. The second kappa shape index (κ2) is 7.84. The molecular weight excluding hydrogens is 362 g/mol. The lowest BCUT2D eigenvalue weighted by atomic mass is 10.0. The number of amides is 1. The van der Waals surface area contributed by atoms with Gasteiger partial charge in [0.1, 0.15) is 11.8 Å². The van der Waals surface area contributed by atoms with Gasteiger partial charge in [0, 0.05) is 36.7 Å². The second-order valence-electron chi connectivity index (χ2n) is 7.16. The molecule has 4 rings (SSSR count). The van der Waals surface area contributed by atoms with E-state index in [1.165, 1.54) is 0 Å². The molecule has 29 heavy (non-hydrogen) atoms. The number of rotatable bonds is 5. The van der Waals surface area contributed by atoms with Crippen molar-refractivity contribution < 1.29 is 9.53 Å². The summed E-state index contributed by atoms with van der Waals surface area (Å²) in [4.78, 5) is 14.0. The third-order valence-electron chi connectivity index (χ3n) is 5.47. The molecule has 5 heteroatoms. The van der Waals surface area contributed by atoms with Gasteiger partial charge >= 0.3 is 0 Å². The highest BCUT2D eigenvalue weighted by Crippen LogP contribution is 2.35. The average Bonchev–Trinajstić information content (AvgIpc) is 3.20. The maximum atomic E-state index is 12.1. The molecule has 1 aromatic carbocycles. The van der Waals surface area contributed by atoms with Crippen molar-refractivity contribution in [2.24, 2.45) is 0 Å². The van der Waals surface area contributed by atoms with Crippen molar-refractivity contribution in [1.82, 2.24) is 9.47 Å². The van der Waals surface area contributed by atoms with Gasteiger partial charge in [0.15, 0.2) is 0 Å². The molecule has 2 heterocycles. The zero-order chi connectivity index (χ0) is 20.4. The Morgan fingerprint density at radius 1 is 1.34 bits per heavy atom. The van der Waals surface area contributed by atoms with Gasteiger partial charge in [0.2, 0.25) is 5.91 Å². The minimum atomic E-state index is 0.170. The van der Waals surface area contributed by atoms with Crippen LogP contribution in [0.3, 0.4) is 0 Å². The van der Waals surface area contributed by atoms with Crippen LogP contribution in [0.25, 0.3) is 16.5 Å². The van der Waals surface area contributed by atoms with Crippen LogP contribution >= 0.6 is 0 Å². The largest absolute Gasteiger partial charge is 0.497 e. The lowest BCUT2D eigenvalue weighted by molar-refractivity contribution is -0.125. The van der Waals surface area contributed by atoms with Crippen molar-refractivity contribution in [3.05, 3.63) is 72.1 Å². The monoisotopic (exact) mass is 385 g/mol. The van der Waals surface area contributed by atoms with Crippen LogP contribution in [0.15, 0.2) is 60.9 Å². The van der Waals surface area contributed by atoms with E-state index < -0.39 is 0 Å². The Morgan fingerprint density at radius 3 is 2.90 bits per heavy atom. The summed E-state index contributed by atoms with van der Waals surface area (Å²) in [6.07, 6.45) is 12.1. The van der Waals surface area contributed by atoms with Crippen LogP contribution in [0.2, 0.25) is 0 Å². The molecule has 1 saturated heterocycles. The third-order valence-corrected chi connectivity index (χ3v) is 5.47. The van der Waals surface area contributed by atoms with Crippen molar-refractivity contribution in [3.63, 3.8) is 0 Å². The first-order chi connectivity index (χ1) is 14.2. The van der Waals surface area contributed by atoms with Crippen molar-refractivity contribution in [1.29, 1.82) is 5.26 Å². The van der Waals surface area contributed by atoms with E-state index in [2.05, 4.69) is 23.3 Å². The van der Waals surface area contributed by atoms with Crippen LogP contribution in [0.5, 0.6) is 5.75 Å². The molecule has 1 aliphatic carbocycles. The second-order valence-corrected chi connectivity index (χ2v) is 7.16. The van der Waals surface area contributed by atoms with Gasteiger partial charge in [0.25, 0.3) is 0 Å². The molecule has 146 valence electrons. The first kappa shape index (κ1) is 18.8. The smallest absolute Gasteiger partial charge is 0.227 e. The summed E-state index contributed by atoms with van der Waals surface area (Å²) in [6.45, 7) is 5.24. The molecule has 1 aliphatic heterocycles. The summed E-state index contributed by atoms with van der Waals surface area (Å²) < 4.78 is 7.50. The van der Waals surface area contributed by atoms with Crippen LogP contribution in [-0.4, -0.2) is 29.0 Å². The first-order valence-electron chi connectivity index (χ1n) is 9.77. The van der Waals surface area contributed by atoms with Crippen molar-refractivity contribution >= 4 is 22.4 Å². The molecular formula is C24H23N3O2. The molecule has 1 fully saturated rings. The number of likely N-dealkylation sites (tertiary alicyclic amines) is 1. The van der Waals surface area contributed by atoms with Crippen LogP contribution in [0, 0.1) is 11.3 Å². The first-order valence-corrected chi connectivity index (χ1v) is 9.77. The highest BCUT2D eigenvalue weighted by molar-refractivity contribution is 5.94. The van der Waals surface area contributed by atoms with Gasteiger partial charge in [-0.2, -0.15) is 5.26 Å². The fourth-order valence-corrected chi connectivity index (χ4v) is 4.11. The normalized spacial score (nSPS) is 16.4. The molecule has 0 unspecified atom stereocenters. The van der Waals surface area contributed by atoms with Gasteiger partial charge in [-0.3, -0.25) is 4.79 Å². The Morgan fingerprint density at radius 2 is 2.21 bits per heavy atom. The van der Waals surface area contributed by atoms with E-state index in [4.69, 9.17) is 4.74 Å². The molecule has 2 aromatic rings. The van der Waals surface area contributed by atoms with Crippen molar-refractivity contribution in [3.8, 4) is 11.8 Å². The molecule has 1 amide bonds. The number of hydrogen-bond donors (Lipinski definition) is 0. The van der Waals surface area contributed by atoms with Gasteiger partial charge in [-0.15, -0.1) is 6.58 Å². The molecule has 2 aliphatic rings. The van der Waals surface area contributed by atoms with E-state index in [9.17, 15) is 10.1 Å². The Labute approximate surface area is 170 Å². The number of benzene rings is 1. The standard InChI is InChI=1S/C24H23N3O2/c1-3-13-27-22-15-19(29-2)11-12-20(22)21(16-25)24(27)17-6-4-7-18(10-9-17)26-14-5-8-23(26)28/h3-4,7,9-12,15H,1,5-6,8,13-14H2,2H3. The predicted molar refractivity (Wildman–Crippen MR) is 114 cm³/mol. The lowest BCUT2D eigenvalue weighted by Gasteiger charge is -2.15. The van der Waals surface area contributed by atoms with Crippen molar-refractivity contribution in [2.75, 3.05) is 13.7 Å². The number of nitriles is 1. The molecule has 0 spiro atoms. The highest BCUT2D eigenvalue weighted by Gasteiger charge is 2.24. The summed E-state index contributed by atoms with van der Waals surface area (Å²) in [5.74, 6) is 0.921. The summed E-state index contributed by atoms with van der Waals surface area (Å²) in [6, 6.07) is 8.17. The number of fused-ring (bicyclic) bond motifs is 1. The fraction of sp³-hybridized carbons (Fsp3) is 0.250. The number of methoxy groups -OCH3 is 1. The maximum Gasteiger partial charge on any atom is 0.227 e. The molecule has 0 saturated carbocycles. The summed E-state index contributed by atoms with van der Waals surface area (Å²) in [5.41, 5.74) is 4.44. The van der Waals surface area contributed by atoms with Gasteiger partial charge in [-0.1, -0.05) is 18.2 Å². The molecule has 1 aromatic heterocycles. The van der Waals surface area contributed by atoms with Crippen LogP contribution in [0.4, 0.5) is 0 Å². The van der Waals surface area contributed by atoms with E-state index in [0.717, 1.165) is 46.6 Å². The molecule has 0 bridgehead atoms. The van der Waals surface area contributed by atoms with E-state index in [0.29, 0.717) is 24.9 Å². The molecule has 0 atom stereocenters. The van der Waals surface area contributed by atoms with Crippen LogP contribution in [-0.2, 0) is 11.3 Å². The third kappa shape index (κ3) is 3.27. The van der Waals surface area contributed by atoms with Crippen LogP contribution < -0.4 is 4.74 Å². The maximum absolute atomic E-state index is 12.1. The lowest BCUT2D eigenvalue weighted by Crippen LogP contribution is -2.22. The van der Waals surface area contributed by atoms with Gasteiger partial charge in [-0.25, -0.2) is 0 Å². The summed E-state index contributed by atoms with van der Waals surface area (Å²) in [5, 5.41) is 10.9. The Bertz CT molecular complexity index is 1130. The Balaban J connectivity index is 1.87. The van der Waals surface area contributed by atoms with E-state index in [1.807, 2.05) is 47.4 Å². The number of ether oxygens (including phenoxy) is 1. The Kier molecular flexibility index (Phi) is 5.09. The van der Waals surface area contributed by atoms with Gasteiger partial charge < -0.3 is 14.2 Å². The summed E-state index contributed by atoms with van der Waals surface area (Å²) in [7, 11) is 1.64. The quantitative estimate of drug-likeness (QED) is 0.709. The Hall–Kier alpha value is -3.52. The summed E-state index contributed by atoms with van der Waals surface area (Å²) >= 11 is 0. The number of allylic oxidation sites excluding steroid dienone is 6. The van der Waals surface area contributed by atoms with Crippen LogP contribution in [0.1, 0.15) is 30.5 Å². The number of nitrogens with zero attached hydrogens (tertiary/aromatic N) is 3. The predicted octanol–water partition coefficient (Wildman–Crippen LogP) is 4.56. The zero-order valence-corrected chi connectivity index (χ0v) is 16.5. The van der Waals surface area contributed by atoms with Gasteiger partial charge in [-0.05, 0) is 42.7 Å². The highest BCUT2D eigenvalue weighted by atomic mass is 16.5. The fourth-order valence-electron chi connectivity index (χ4n) is 4.11. The topological polar surface area (TPSA) is 58.3 Å². The average molecular weight is 385 g/mol.